The van der Waals surface area contributed by atoms with Crippen molar-refractivity contribution < 1.29 is 0 Å². The van der Waals surface area contributed by atoms with Crippen LogP contribution in [0.25, 0.3) is 0 Å². The van der Waals surface area contributed by atoms with Crippen molar-refractivity contribution in [3.8, 4) is 0 Å². The van der Waals surface area contributed by atoms with Crippen molar-refractivity contribution in [1.82, 2.24) is 9.88 Å². The van der Waals surface area contributed by atoms with Crippen molar-refractivity contribution in [1.29, 1.82) is 0 Å². The number of anilines is 1. The number of thiophene rings is 1. The Hall–Kier alpha value is -0.910. The Morgan fingerprint density at radius 3 is 2.79 bits per heavy atom. The number of aromatic nitrogens is 1. The van der Waals surface area contributed by atoms with Gasteiger partial charge in [-0.2, -0.15) is 0 Å². The first-order chi connectivity index (χ1) is 9.17. The molecule has 2 aromatic rings. The van der Waals surface area contributed by atoms with Gasteiger partial charge in [-0.1, -0.05) is 0 Å². The molecule has 0 unspecified atom stereocenters. The van der Waals surface area contributed by atoms with E-state index in [1.807, 2.05) is 6.20 Å². The number of pyridine rings is 1. The van der Waals surface area contributed by atoms with Gasteiger partial charge in [-0.05, 0) is 64.6 Å². The third-order valence-electron chi connectivity index (χ3n) is 2.71. The van der Waals surface area contributed by atoms with Crippen molar-refractivity contribution in [3.05, 3.63) is 44.7 Å². The van der Waals surface area contributed by atoms with Gasteiger partial charge in [0.15, 0.2) is 0 Å². The number of nitrogens with one attached hydrogen (secondary N) is 1. The van der Waals surface area contributed by atoms with E-state index in [1.165, 1.54) is 14.9 Å². The second kappa shape index (κ2) is 7.03. The van der Waals surface area contributed by atoms with Crippen LogP contribution in [0.4, 0.5) is 5.82 Å². The average molecular weight is 340 g/mol. The lowest BCUT2D eigenvalue weighted by Crippen LogP contribution is -2.17. The van der Waals surface area contributed by atoms with E-state index in [2.05, 4.69) is 68.7 Å². The smallest absolute Gasteiger partial charge is 0.126 e. The number of rotatable bonds is 6. The molecule has 19 heavy (non-hydrogen) atoms. The molecule has 102 valence electrons. The maximum absolute atomic E-state index is 4.29. The number of hydrogen-bond acceptors (Lipinski definition) is 4. The van der Waals surface area contributed by atoms with Crippen LogP contribution >= 0.6 is 27.3 Å². The number of hydrogen-bond donors (Lipinski definition) is 1. The molecule has 0 fully saturated rings. The van der Waals surface area contributed by atoms with Crippen molar-refractivity contribution >= 4 is 33.1 Å². The summed E-state index contributed by atoms with van der Waals surface area (Å²) in [5.74, 6) is 0.951. The molecule has 0 saturated heterocycles. The summed E-state index contributed by atoms with van der Waals surface area (Å²) in [6.07, 6.45) is 1.86. The van der Waals surface area contributed by atoms with Gasteiger partial charge in [0.2, 0.25) is 0 Å². The standard InChI is InChI=1S/C14H18BrN3S/c1-3-16-14-7-11(4-5-17-14)8-18(2)9-12-6-13(15)19-10-12/h4-7,10H,3,8-9H2,1-2H3,(H,16,17). The SMILES string of the molecule is CCNc1cc(CN(C)Cc2csc(Br)c2)ccn1. The van der Waals surface area contributed by atoms with Gasteiger partial charge >= 0.3 is 0 Å². The summed E-state index contributed by atoms with van der Waals surface area (Å²) in [6, 6.07) is 6.36. The summed E-state index contributed by atoms with van der Waals surface area (Å²) in [5, 5.41) is 5.43. The first-order valence-electron chi connectivity index (χ1n) is 6.27. The first-order valence-corrected chi connectivity index (χ1v) is 7.95. The molecule has 2 aromatic heterocycles. The maximum Gasteiger partial charge on any atom is 0.126 e. The lowest BCUT2D eigenvalue weighted by molar-refractivity contribution is 0.319. The first kappa shape index (κ1) is 14.5. The van der Waals surface area contributed by atoms with Crippen LogP contribution in [-0.2, 0) is 13.1 Å². The van der Waals surface area contributed by atoms with Gasteiger partial charge in [0.25, 0.3) is 0 Å². The second-order valence-electron chi connectivity index (χ2n) is 4.51. The van der Waals surface area contributed by atoms with Gasteiger partial charge in [0.05, 0.1) is 3.79 Å². The summed E-state index contributed by atoms with van der Waals surface area (Å²) >= 11 is 5.23. The van der Waals surface area contributed by atoms with Gasteiger partial charge in [-0.15, -0.1) is 11.3 Å². The highest BCUT2D eigenvalue weighted by Gasteiger charge is 2.04. The van der Waals surface area contributed by atoms with Crippen molar-refractivity contribution in [3.63, 3.8) is 0 Å². The Morgan fingerprint density at radius 2 is 2.11 bits per heavy atom. The van der Waals surface area contributed by atoms with Gasteiger partial charge in [0, 0.05) is 25.8 Å². The monoisotopic (exact) mass is 339 g/mol. The summed E-state index contributed by atoms with van der Waals surface area (Å²) in [7, 11) is 2.14. The van der Waals surface area contributed by atoms with E-state index in [1.54, 1.807) is 11.3 Å². The molecule has 0 saturated carbocycles. The van der Waals surface area contributed by atoms with Gasteiger partial charge in [-0.25, -0.2) is 4.98 Å². The highest BCUT2D eigenvalue weighted by atomic mass is 79.9. The van der Waals surface area contributed by atoms with Crippen LogP contribution in [0.5, 0.6) is 0 Å². The molecule has 2 rings (SSSR count). The average Bonchev–Trinajstić information content (AvgIpc) is 2.75. The van der Waals surface area contributed by atoms with Gasteiger partial charge in [0.1, 0.15) is 5.82 Å². The van der Waals surface area contributed by atoms with E-state index in [-0.39, 0.29) is 0 Å². The topological polar surface area (TPSA) is 28.2 Å². The summed E-state index contributed by atoms with van der Waals surface area (Å²) in [6.45, 7) is 4.86. The number of nitrogens with zero attached hydrogens (tertiary/aromatic N) is 2. The molecule has 0 atom stereocenters. The zero-order valence-corrected chi connectivity index (χ0v) is 13.6. The minimum Gasteiger partial charge on any atom is -0.370 e. The normalized spacial score (nSPS) is 10.9. The third-order valence-corrected chi connectivity index (χ3v) is 4.26. The van der Waals surface area contributed by atoms with Crippen molar-refractivity contribution in [2.75, 3.05) is 18.9 Å². The fourth-order valence-electron chi connectivity index (χ4n) is 1.96. The highest BCUT2D eigenvalue weighted by molar-refractivity contribution is 9.11. The molecule has 0 aliphatic carbocycles. The molecule has 1 N–H and O–H groups in total. The Morgan fingerprint density at radius 1 is 1.32 bits per heavy atom. The van der Waals surface area contributed by atoms with Crippen molar-refractivity contribution in [2.24, 2.45) is 0 Å². The summed E-state index contributed by atoms with van der Waals surface area (Å²) < 4.78 is 1.19. The molecule has 0 aliphatic rings. The summed E-state index contributed by atoms with van der Waals surface area (Å²) in [4.78, 5) is 6.59. The fraction of sp³-hybridized carbons (Fsp3) is 0.357. The molecular formula is C14H18BrN3S. The van der Waals surface area contributed by atoms with Gasteiger partial charge in [-0.3, -0.25) is 4.90 Å². The Labute approximate surface area is 126 Å². The van der Waals surface area contributed by atoms with Crippen LogP contribution in [0, 0.1) is 0 Å². The minimum atomic E-state index is 0.898. The summed E-state index contributed by atoms with van der Waals surface area (Å²) in [5.41, 5.74) is 2.63. The molecule has 0 amide bonds. The second-order valence-corrected chi connectivity index (χ2v) is 6.80. The molecule has 0 aromatic carbocycles. The van der Waals surface area contributed by atoms with E-state index in [0.29, 0.717) is 0 Å². The lowest BCUT2D eigenvalue weighted by atomic mass is 10.2. The molecule has 0 bridgehead atoms. The molecule has 5 heteroatoms. The number of halogens is 1. The molecule has 0 radical (unpaired) electrons. The fourth-order valence-corrected chi connectivity index (χ4v) is 3.16. The van der Waals surface area contributed by atoms with Crippen LogP contribution in [0.1, 0.15) is 18.1 Å². The van der Waals surface area contributed by atoms with E-state index >= 15 is 0 Å². The third kappa shape index (κ3) is 4.60. The predicted octanol–water partition coefficient (Wildman–Crippen LogP) is 3.97. The van der Waals surface area contributed by atoms with Crippen LogP contribution in [0.3, 0.4) is 0 Å². The molecule has 0 aliphatic heterocycles. The lowest BCUT2D eigenvalue weighted by Gasteiger charge is -2.16. The van der Waals surface area contributed by atoms with E-state index < -0.39 is 0 Å². The van der Waals surface area contributed by atoms with Crippen molar-refractivity contribution in [2.45, 2.75) is 20.0 Å². The van der Waals surface area contributed by atoms with Crippen LogP contribution in [0.15, 0.2) is 33.6 Å². The quantitative estimate of drug-likeness (QED) is 0.862. The van der Waals surface area contributed by atoms with Crippen LogP contribution in [0.2, 0.25) is 0 Å². The molecule has 2 heterocycles. The maximum atomic E-state index is 4.29. The van der Waals surface area contributed by atoms with E-state index in [0.717, 1.165) is 25.5 Å². The highest BCUT2D eigenvalue weighted by Crippen LogP contribution is 2.22. The van der Waals surface area contributed by atoms with Gasteiger partial charge < -0.3 is 5.32 Å². The Kier molecular flexibility index (Phi) is 5.36. The van der Waals surface area contributed by atoms with E-state index in [4.69, 9.17) is 0 Å². The predicted molar refractivity (Wildman–Crippen MR) is 85.6 cm³/mol. The largest absolute Gasteiger partial charge is 0.370 e. The molecular weight excluding hydrogens is 322 g/mol. The zero-order valence-electron chi connectivity index (χ0n) is 11.2. The van der Waals surface area contributed by atoms with Crippen LogP contribution in [-0.4, -0.2) is 23.5 Å². The van der Waals surface area contributed by atoms with E-state index in [9.17, 15) is 0 Å². The molecule has 3 nitrogen and oxygen atoms in total. The Balaban J connectivity index is 1.94. The van der Waals surface area contributed by atoms with Crippen LogP contribution < -0.4 is 5.32 Å². The Bertz CT molecular complexity index is 527. The molecule has 0 spiro atoms. The zero-order chi connectivity index (χ0) is 13.7. The minimum absolute atomic E-state index is 0.898.